The van der Waals surface area contributed by atoms with Gasteiger partial charge in [0.25, 0.3) is 0 Å². The summed E-state index contributed by atoms with van der Waals surface area (Å²) in [5, 5.41) is 8.89. The topological polar surface area (TPSA) is 261 Å². The number of hydrogen-bond donors (Lipinski definition) is 0. The number of rotatable bonds is 0. The molecule has 0 amide bonds. The first-order valence-electron chi connectivity index (χ1n) is 0.908. The first-order valence-corrected chi connectivity index (χ1v) is 0.908. The molecule has 9 nitrogen and oxygen atoms in total. The molecule has 0 bridgehead atoms. The van der Waals surface area contributed by atoms with Gasteiger partial charge in [0, 0.05) is 5.97 Å². The average molecular weight is 241 g/mol. The molecule has 0 saturated carbocycles. The van der Waals surface area contributed by atoms with Crippen molar-refractivity contribution in [3.05, 3.63) is 0 Å². The summed E-state index contributed by atoms with van der Waals surface area (Å²) >= 11 is 0. The van der Waals surface area contributed by atoms with E-state index in [0.29, 0.717) is 0 Å². The van der Waals surface area contributed by atoms with Crippen LogP contribution in [0.4, 0.5) is 0 Å². The molecule has 0 aliphatic carbocycles. The van der Waals surface area contributed by atoms with Crippen LogP contribution in [0, 0.1) is 0 Å². The summed E-state index contributed by atoms with van der Waals surface area (Å²) in [6.07, 6.45) is 0. The Morgan fingerprint density at radius 2 is 0.833 bits per heavy atom. The van der Waals surface area contributed by atoms with E-state index >= 15 is 0 Å². The Morgan fingerprint density at radius 1 is 0.833 bits per heavy atom. The van der Waals surface area contributed by atoms with E-state index in [1.54, 1.807) is 0 Å². The van der Waals surface area contributed by atoms with Crippen LogP contribution < -0.4 is 5.11 Å². The third-order valence-corrected chi connectivity index (χ3v) is 0. The van der Waals surface area contributed by atoms with Crippen molar-refractivity contribution in [2.45, 2.75) is 6.92 Å². The van der Waals surface area contributed by atoms with Gasteiger partial charge in [0.1, 0.15) is 0 Å². The van der Waals surface area contributed by atoms with E-state index in [1.807, 2.05) is 0 Å². The van der Waals surface area contributed by atoms with Gasteiger partial charge in [-0.1, -0.05) is 0 Å². The zero-order valence-electron chi connectivity index (χ0n) is 6.17. The Balaban J connectivity index is -0.00000000161. The molecule has 0 heterocycles. The molecule has 0 aromatic heterocycles. The smallest absolute Gasteiger partial charge is 0.550 e. The third-order valence-electron chi connectivity index (χ3n) is 0. The van der Waals surface area contributed by atoms with Crippen molar-refractivity contribution in [2.24, 2.45) is 0 Å². The fraction of sp³-hybridized carbons (Fsp3) is 0.500. The van der Waals surface area contributed by atoms with E-state index in [2.05, 4.69) is 0 Å². The zero-order chi connectivity index (χ0) is 3.58. The number of carboxylic acid groups (broad SMARTS) is 1. The van der Waals surface area contributed by atoms with Crippen molar-refractivity contribution in [2.75, 3.05) is 0 Å². The number of carbonyl (C=O) groups is 1. The summed E-state index contributed by atoms with van der Waals surface area (Å²) in [6.45, 7) is 0.972. The fourth-order valence-corrected chi connectivity index (χ4v) is 0. The van der Waals surface area contributed by atoms with Crippen LogP contribution in [-0.4, -0.2) is 44.3 Å². The summed E-state index contributed by atoms with van der Waals surface area (Å²) in [5.41, 5.74) is 0. The predicted octanol–water partition coefficient (Wildman–Crippen LogP) is -7.02. The predicted molar refractivity (Wildman–Crippen MR) is 36.0 cm³/mol. The standard InChI is InChI=1S/C2H4O2.Fe.7H2O/c1-2(3)4;;;;;;;;/h1H3,(H,3,4);;7*1H2/q;+2;;;;;;;/p-1. The summed E-state index contributed by atoms with van der Waals surface area (Å²) < 4.78 is 0. The molecule has 0 unspecified atom stereocenters. The van der Waals surface area contributed by atoms with E-state index in [1.165, 1.54) is 0 Å². The van der Waals surface area contributed by atoms with Crippen molar-refractivity contribution in [3.8, 4) is 0 Å². The maximum Gasteiger partial charge on any atom is 2.00 e. The van der Waals surface area contributed by atoms with Crippen LogP contribution in [0.5, 0.6) is 0 Å². The molecule has 0 fully saturated rings. The van der Waals surface area contributed by atoms with Crippen LogP contribution in [0.15, 0.2) is 0 Å². The van der Waals surface area contributed by atoms with Gasteiger partial charge in [-0.05, 0) is 6.92 Å². The quantitative estimate of drug-likeness (QED) is 0.374. The molecular weight excluding hydrogens is 224 g/mol. The Bertz CT molecular complexity index is 35.5. The Hall–Kier alpha value is -0.291. The zero-order valence-corrected chi connectivity index (χ0v) is 7.27. The number of carboxylic acids is 1. The first kappa shape index (κ1) is 183. The van der Waals surface area contributed by atoms with Gasteiger partial charge in [-0.3, -0.25) is 0 Å². The van der Waals surface area contributed by atoms with Crippen LogP contribution in [0.3, 0.4) is 0 Å². The van der Waals surface area contributed by atoms with Gasteiger partial charge in [-0.2, -0.15) is 0 Å². The molecule has 0 aliphatic rings. The molecule has 14 N–H and O–H groups in total. The molecule has 0 radical (unpaired) electrons. The molecule has 86 valence electrons. The maximum absolute atomic E-state index is 8.89. The fourth-order valence-electron chi connectivity index (χ4n) is 0. The van der Waals surface area contributed by atoms with Crippen LogP contribution in [0.2, 0.25) is 0 Å². The summed E-state index contributed by atoms with van der Waals surface area (Å²) in [7, 11) is 0. The number of aliphatic carboxylic acids is 1. The molecule has 0 rings (SSSR count). The minimum Gasteiger partial charge on any atom is -0.550 e. The molecule has 12 heavy (non-hydrogen) atoms. The van der Waals surface area contributed by atoms with Gasteiger partial charge in [0.15, 0.2) is 0 Å². The normalized spacial score (nSPS) is 2.08. The van der Waals surface area contributed by atoms with Crippen molar-refractivity contribution in [3.63, 3.8) is 0 Å². The summed E-state index contributed by atoms with van der Waals surface area (Å²) in [5.74, 6) is -1.08. The van der Waals surface area contributed by atoms with Crippen LogP contribution in [0.25, 0.3) is 0 Å². The van der Waals surface area contributed by atoms with E-state index in [0.717, 1.165) is 6.92 Å². The van der Waals surface area contributed by atoms with E-state index < -0.39 is 5.97 Å². The molecule has 0 aromatic rings. The van der Waals surface area contributed by atoms with Crippen molar-refractivity contribution in [1.29, 1.82) is 0 Å². The van der Waals surface area contributed by atoms with Gasteiger partial charge < -0.3 is 48.2 Å². The number of carbonyl (C=O) groups excluding carboxylic acids is 1. The summed E-state index contributed by atoms with van der Waals surface area (Å²) in [6, 6.07) is 0. The van der Waals surface area contributed by atoms with E-state index in [4.69, 9.17) is 9.90 Å². The first-order chi connectivity index (χ1) is 1.73. The van der Waals surface area contributed by atoms with Gasteiger partial charge in [0.2, 0.25) is 0 Å². The van der Waals surface area contributed by atoms with Crippen LogP contribution >= 0.6 is 0 Å². The SMILES string of the molecule is CC(=O)[O-].O.O.O.O.O.O.O.[Fe+2]. The molecule has 10 heteroatoms. The van der Waals surface area contributed by atoms with Crippen molar-refractivity contribution < 1.29 is 65.3 Å². The van der Waals surface area contributed by atoms with Gasteiger partial charge in [-0.15, -0.1) is 0 Å². The second-order valence-corrected chi connectivity index (χ2v) is 0.492. The molecular formula is C2H17FeO9+. The molecule has 0 saturated heterocycles. The summed E-state index contributed by atoms with van der Waals surface area (Å²) in [4.78, 5) is 8.89. The number of hydrogen-bond acceptors (Lipinski definition) is 2. The van der Waals surface area contributed by atoms with Gasteiger partial charge >= 0.3 is 17.1 Å². The monoisotopic (exact) mass is 241 g/mol. The molecule has 0 spiro atoms. The second-order valence-electron chi connectivity index (χ2n) is 0.492. The van der Waals surface area contributed by atoms with Gasteiger partial charge in [-0.25, -0.2) is 0 Å². The van der Waals surface area contributed by atoms with Crippen LogP contribution in [-0.2, 0) is 21.9 Å². The van der Waals surface area contributed by atoms with Crippen molar-refractivity contribution in [1.82, 2.24) is 0 Å². The molecule has 0 aromatic carbocycles. The van der Waals surface area contributed by atoms with Crippen LogP contribution in [0.1, 0.15) is 6.92 Å². The average Bonchev–Trinajstić information content (AvgIpc) is 0.811. The van der Waals surface area contributed by atoms with Crippen molar-refractivity contribution >= 4 is 5.97 Å². The van der Waals surface area contributed by atoms with E-state index in [9.17, 15) is 0 Å². The third kappa shape index (κ3) is 8730. The Morgan fingerprint density at radius 3 is 0.833 bits per heavy atom. The maximum atomic E-state index is 8.89. The molecule has 0 atom stereocenters. The van der Waals surface area contributed by atoms with E-state index in [-0.39, 0.29) is 55.4 Å². The minimum absolute atomic E-state index is 0. The second kappa shape index (κ2) is 138. The molecule has 0 aliphatic heterocycles. The Labute approximate surface area is 79.0 Å². The largest absolute Gasteiger partial charge is 2.00 e. The minimum atomic E-state index is -1.08. The Kier molecular flexibility index (Phi) is 2100. The van der Waals surface area contributed by atoms with Gasteiger partial charge in [0.05, 0.1) is 0 Å².